The third-order valence-electron chi connectivity index (χ3n) is 4.95. The number of nitrogens with zero attached hydrogens (tertiary/aromatic N) is 4. The van der Waals surface area contributed by atoms with Gasteiger partial charge in [-0.2, -0.15) is 5.26 Å². The molecule has 8 heteroatoms. The lowest BCUT2D eigenvalue weighted by Gasteiger charge is -2.09. The molecule has 0 aliphatic heterocycles. The molecule has 2 aromatic heterocycles. The quantitative estimate of drug-likeness (QED) is 0.233. The van der Waals surface area contributed by atoms with Gasteiger partial charge in [0.25, 0.3) is 5.22 Å². The van der Waals surface area contributed by atoms with Gasteiger partial charge in [-0.15, -0.1) is 10.2 Å². The van der Waals surface area contributed by atoms with E-state index < -0.39 is 5.25 Å². The summed E-state index contributed by atoms with van der Waals surface area (Å²) in [6.07, 6.45) is 0.621. The predicted octanol–water partition coefficient (Wildman–Crippen LogP) is 5.27. The summed E-state index contributed by atoms with van der Waals surface area (Å²) in [4.78, 5) is 7.48. The zero-order valence-electron chi connectivity index (χ0n) is 17.1. The van der Waals surface area contributed by atoms with Crippen molar-refractivity contribution in [2.24, 2.45) is 0 Å². The van der Waals surface area contributed by atoms with E-state index in [1.165, 1.54) is 17.3 Å². The van der Waals surface area contributed by atoms with Crippen molar-refractivity contribution >= 4 is 28.4 Å². The molecule has 2 N–H and O–H groups in total. The number of benzene rings is 2. The Morgan fingerprint density at radius 2 is 1.87 bits per heavy atom. The Bertz CT molecular complexity index is 1220. The van der Waals surface area contributed by atoms with E-state index in [0.29, 0.717) is 23.4 Å². The number of rotatable bonds is 7. The number of imidazole rings is 1. The first-order valence-corrected chi connectivity index (χ1v) is 10.8. The Morgan fingerprint density at radius 3 is 2.61 bits per heavy atom. The van der Waals surface area contributed by atoms with Crippen LogP contribution in [0.2, 0.25) is 0 Å². The molecular weight excluding hydrogens is 410 g/mol. The van der Waals surface area contributed by atoms with Crippen LogP contribution in [0.25, 0.3) is 16.6 Å². The van der Waals surface area contributed by atoms with E-state index in [1.807, 2.05) is 42.5 Å². The van der Waals surface area contributed by atoms with Crippen LogP contribution in [0.4, 0.5) is 0 Å². The molecule has 0 bridgehead atoms. The summed E-state index contributed by atoms with van der Waals surface area (Å²) < 4.78 is 5.76. The van der Waals surface area contributed by atoms with Crippen molar-refractivity contribution in [3.05, 3.63) is 77.6 Å². The van der Waals surface area contributed by atoms with Crippen molar-refractivity contribution in [1.29, 1.82) is 5.26 Å². The summed E-state index contributed by atoms with van der Waals surface area (Å²) in [6, 6.07) is 19.7. The van der Waals surface area contributed by atoms with Gasteiger partial charge in [-0.05, 0) is 30.5 Å². The molecule has 0 saturated carbocycles. The molecule has 0 aliphatic rings. The van der Waals surface area contributed by atoms with Gasteiger partial charge in [-0.1, -0.05) is 61.2 Å². The molecule has 0 saturated heterocycles. The van der Waals surface area contributed by atoms with E-state index in [2.05, 4.69) is 45.3 Å². The number of fused-ring (bicyclic) bond motifs is 1. The van der Waals surface area contributed by atoms with E-state index in [0.717, 1.165) is 11.0 Å². The van der Waals surface area contributed by atoms with Gasteiger partial charge in [-0.3, -0.25) is 0 Å². The number of aliphatic hydroxyl groups is 1. The standard InChI is InChI=1S/C23H21N5O2S/c1-14(16-8-4-3-5-9-16)12-20-27-28-23(30-20)31-15(2)21(29)17(13-24)22-25-18-10-6-7-11-19(18)26-22/h3-11,14-15,29H,12H2,1-2H3,(H,25,26)/b21-17-. The average Bonchev–Trinajstić information content (AvgIpc) is 3.41. The van der Waals surface area contributed by atoms with Gasteiger partial charge in [0.1, 0.15) is 17.4 Å². The average molecular weight is 432 g/mol. The number of hydrogen-bond donors (Lipinski definition) is 2. The minimum absolute atomic E-state index is 0.0913. The largest absolute Gasteiger partial charge is 0.510 e. The van der Waals surface area contributed by atoms with Crippen molar-refractivity contribution in [3.8, 4) is 6.07 Å². The Hall–Kier alpha value is -3.57. The number of hydrogen-bond acceptors (Lipinski definition) is 7. The molecule has 0 spiro atoms. The molecule has 0 amide bonds. The van der Waals surface area contributed by atoms with Crippen molar-refractivity contribution < 1.29 is 9.52 Å². The van der Waals surface area contributed by atoms with Gasteiger partial charge in [0.05, 0.1) is 16.3 Å². The second-order valence-corrected chi connectivity index (χ2v) is 8.50. The number of aromatic nitrogens is 4. The first-order chi connectivity index (χ1) is 15.0. The van der Waals surface area contributed by atoms with Crippen LogP contribution in [0.5, 0.6) is 0 Å². The Morgan fingerprint density at radius 1 is 1.13 bits per heavy atom. The van der Waals surface area contributed by atoms with E-state index in [1.54, 1.807) is 6.92 Å². The van der Waals surface area contributed by atoms with Crippen LogP contribution in [0.3, 0.4) is 0 Å². The summed E-state index contributed by atoms with van der Waals surface area (Å²) in [7, 11) is 0. The maximum absolute atomic E-state index is 10.7. The van der Waals surface area contributed by atoms with Gasteiger partial charge in [0, 0.05) is 6.42 Å². The van der Waals surface area contributed by atoms with Crippen LogP contribution in [0, 0.1) is 11.3 Å². The van der Waals surface area contributed by atoms with Crippen molar-refractivity contribution in [2.45, 2.75) is 36.7 Å². The third kappa shape index (κ3) is 4.62. The van der Waals surface area contributed by atoms with Crippen molar-refractivity contribution in [1.82, 2.24) is 20.2 Å². The van der Waals surface area contributed by atoms with Gasteiger partial charge in [0.15, 0.2) is 5.82 Å². The number of H-pyrrole nitrogens is 1. The van der Waals surface area contributed by atoms with Gasteiger partial charge >= 0.3 is 0 Å². The molecule has 2 heterocycles. The minimum Gasteiger partial charge on any atom is -0.510 e. The number of nitriles is 1. The number of aromatic amines is 1. The van der Waals surface area contributed by atoms with Crippen LogP contribution >= 0.6 is 11.8 Å². The van der Waals surface area contributed by atoms with E-state index in [9.17, 15) is 10.4 Å². The minimum atomic E-state index is -0.470. The fourth-order valence-electron chi connectivity index (χ4n) is 3.24. The SMILES string of the molecule is CC(Sc1nnc(CC(C)c2ccccc2)o1)/C(O)=C(\C#N)c1nc2ccccc2[nH]1. The molecule has 0 radical (unpaired) electrons. The van der Waals surface area contributed by atoms with Crippen molar-refractivity contribution in [2.75, 3.05) is 0 Å². The smallest absolute Gasteiger partial charge is 0.277 e. The Balaban J connectivity index is 1.48. The fraction of sp³-hybridized carbons (Fsp3) is 0.217. The molecule has 7 nitrogen and oxygen atoms in total. The molecule has 4 rings (SSSR count). The molecule has 0 aliphatic carbocycles. The Labute approximate surface area is 183 Å². The van der Waals surface area contributed by atoms with Crippen LogP contribution in [-0.4, -0.2) is 30.5 Å². The number of aliphatic hydroxyl groups excluding tert-OH is 1. The van der Waals surface area contributed by atoms with Crippen LogP contribution < -0.4 is 0 Å². The first-order valence-electron chi connectivity index (χ1n) is 9.87. The number of nitrogens with one attached hydrogen (secondary N) is 1. The summed E-state index contributed by atoms with van der Waals surface area (Å²) in [5.41, 5.74) is 2.82. The predicted molar refractivity (Wildman–Crippen MR) is 119 cm³/mol. The maximum Gasteiger partial charge on any atom is 0.277 e. The Kier molecular flexibility index (Phi) is 6.05. The second-order valence-electron chi connectivity index (χ2n) is 7.21. The van der Waals surface area contributed by atoms with E-state index in [4.69, 9.17) is 4.42 Å². The first kappa shape index (κ1) is 20.7. The van der Waals surface area contributed by atoms with Crippen LogP contribution in [0.1, 0.15) is 37.0 Å². The molecule has 2 aromatic carbocycles. The highest BCUT2D eigenvalue weighted by molar-refractivity contribution is 7.99. The normalized spacial score (nSPS) is 14.1. The summed E-state index contributed by atoms with van der Waals surface area (Å²) in [5.74, 6) is 1.01. The lowest BCUT2D eigenvalue weighted by Crippen LogP contribution is -2.05. The van der Waals surface area contributed by atoms with E-state index >= 15 is 0 Å². The summed E-state index contributed by atoms with van der Waals surface area (Å²) >= 11 is 1.20. The molecule has 4 aromatic rings. The maximum atomic E-state index is 10.7. The van der Waals surface area contributed by atoms with Gasteiger partial charge in [-0.25, -0.2) is 4.98 Å². The highest BCUT2D eigenvalue weighted by atomic mass is 32.2. The highest BCUT2D eigenvalue weighted by Crippen LogP contribution is 2.30. The monoisotopic (exact) mass is 431 g/mol. The lowest BCUT2D eigenvalue weighted by atomic mass is 9.98. The van der Waals surface area contributed by atoms with Gasteiger partial charge in [0.2, 0.25) is 5.89 Å². The van der Waals surface area contributed by atoms with Crippen LogP contribution in [-0.2, 0) is 6.42 Å². The topological polar surface area (TPSA) is 112 Å². The van der Waals surface area contributed by atoms with Crippen LogP contribution in [0.15, 0.2) is 70.0 Å². The number of para-hydroxylation sites is 2. The molecular formula is C23H21N5O2S. The van der Waals surface area contributed by atoms with Gasteiger partial charge < -0.3 is 14.5 Å². The van der Waals surface area contributed by atoms with E-state index in [-0.39, 0.29) is 17.3 Å². The highest BCUT2D eigenvalue weighted by Gasteiger charge is 2.21. The zero-order valence-corrected chi connectivity index (χ0v) is 17.9. The molecule has 31 heavy (non-hydrogen) atoms. The van der Waals surface area contributed by atoms with Crippen molar-refractivity contribution in [3.63, 3.8) is 0 Å². The third-order valence-corrected chi connectivity index (χ3v) is 5.90. The molecule has 0 fully saturated rings. The lowest BCUT2D eigenvalue weighted by molar-refractivity contribution is 0.392. The number of allylic oxidation sites excluding steroid dienone is 1. The molecule has 156 valence electrons. The molecule has 2 atom stereocenters. The summed E-state index contributed by atoms with van der Waals surface area (Å²) in [5, 5.41) is 28.4. The summed E-state index contributed by atoms with van der Waals surface area (Å²) in [6.45, 7) is 3.88. The number of thioether (sulfide) groups is 1. The zero-order chi connectivity index (χ0) is 21.8. The second kappa shape index (κ2) is 9.06. The molecule has 2 unspecified atom stereocenters. The fourth-order valence-corrected chi connectivity index (χ4v) is 4.01.